The van der Waals surface area contributed by atoms with Crippen LogP contribution in [0.15, 0.2) is 53.7 Å². The predicted molar refractivity (Wildman–Crippen MR) is 91.2 cm³/mol. The van der Waals surface area contributed by atoms with Crippen molar-refractivity contribution in [2.45, 2.75) is 4.90 Å². The van der Waals surface area contributed by atoms with Crippen LogP contribution in [0.1, 0.15) is 11.1 Å². The lowest BCUT2D eigenvalue weighted by Crippen LogP contribution is -2.01. The number of rotatable bonds is 4. The van der Waals surface area contributed by atoms with E-state index in [1.807, 2.05) is 6.07 Å². The molecule has 2 heterocycles. The Kier molecular flexibility index (Phi) is 3.94. The van der Waals surface area contributed by atoms with Gasteiger partial charge in [-0.25, -0.2) is 18.2 Å². The van der Waals surface area contributed by atoms with Crippen LogP contribution in [0, 0.1) is 0 Å². The lowest BCUT2D eigenvalue weighted by atomic mass is 10.0. The summed E-state index contributed by atoms with van der Waals surface area (Å²) in [5, 5.41) is 10.3. The minimum atomic E-state index is -3.32. The topological polar surface area (TPSA) is 100 Å². The number of hydrogen-bond donors (Lipinski definition) is 2. The molecule has 3 aromatic rings. The molecule has 0 spiro atoms. The van der Waals surface area contributed by atoms with Crippen LogP contribution in [0.4, 0.5) is 0 Å². The van der Waals surface area contributed by atoms with Crippen LogP contribution < -0.4 is 0 Å². The SMILES string of the molecule is CS(=O)(=O)c1ccc(/C(=C/c2c[nH]c3ncccc23)C(=O)O)cc1. The number of benzene rings is 1. The highest BCUT2D eigenvalue weighted by Gasteiger charge is 2.14. The van der Waals surface area contributed by atoms with Gasteiger partial charge in [-0.2, -0.15) is 0 Å². The normalized spacial score (nSPS) is 12.5. The van der Waals surface area contributed by atoms with Crippen LogP contribution in [0.2, 0.25) is 0 Å². The smallest absolute Gasteiger partial charge is 0.336 e. The molecule has 7 heteroatoms. The number of carboxylic acids is 1. The monoisotopic (exact) mass is 342 g/mol. The van der Waals surface area contributed by atoms with Crippen LogP contribution in [-0.2, 0) is 14.6 Å². The molecule has 0 fully saturated rings. The average Bonchev–Trinajstić information content (AvgIpc) is 2.95. The Morgan fingerprint density at radius 1 is 1.21 bits per heavy atom. The molecule has 2 aromatic heterocycles. The largest absolute Gasteiger partial charge is 0.478 e. The molecular weight excluding hydrogens is 328 g/mol. The highest BCUT2D eigenvalue weighted by Crippen LogP contribution is 2.24. The maximum Gasteiger partial charge on any atom is 0.336 e. The van der Waals surface area contributed by atoms with Crippen molar-refractivity contribution in [3.63, 3.8) is 0 Å². The van der Waals surface area contributed by atoms with Gasteiger partial charge in [0.2, 0.25) is 0 Å². The second kappa shape index (κ2) is 5.93. The fourth-order valence-electron chi connectivity index (χ4n) is 2.40. The Balaban J connectivity index is 2.09. The van der Waals surface area contributed by atoms with Crippen molar-refractivity contribution < 1.29 is 18.3 Å². The number of pyridine rings is 1. The van der Waals surface area contributed by atoms with E-state index in [0.717, 1.165) is 11.6 Å². The van der Waals surface area contributed by atoms with Crippen molar-refractivity contribution in [2.75, 3.05) is 6.26 Å². The van der Waals surface area contributed by atoms with Gasteiger partial charge in [0.25, 0.3) is 0 Å². The number of nitrogens with zero attached hydrogens (tertiary/aromatic N) is 1. The second-order valence-corrected chi connectivity index (χ2v) is 7.32. The molecule has 6 nitrogen and oxygen atoms in total. The van der Waals surface area contributed by atoms with E-state index in [4.69, 9.17) is 0 Å². The van der Waals surface area contributed by atoms with Crippen LogP contribution >= 0.6 is 0 Å². The molecule has 0 amide bonds. The van der Waals surface area contributed by atoms with Crippen molar-refractivity contribution in [3.8, 4) is 0 Å². The number of carboxylic acid groups (broad SMARTS) is 1. The van der Waals surface area contributed by atoms with Crippen LogP contribution in [0.5, 0.6) is 0 Å². The summed E-state index contributed by atoms with van der Waals surface area (Å²) < 4.78 is 23.0. The van der Waals surface area contributed by atoms with Gasteiger partial charge >= 0.3 is 5.97 Å². The summed E-state index contributed by atoms with van der Waals surface area (Å²) in [6, 6.07) is 9.40. The van der Waals surface area contributed by atoms with E-state index in [-0.39, 0.29) is 10.5 Å². The lowest BCUT2D eigenvalue weighted by Gasteiger charge is -2.04. The number of nitrogens with one attached hydrogen (secondary N) is 1. The first-order valence-electron chi connectivity index (χ1n) is 7.04. The summed E-state index contributed by atoms with van der Waals surface area (Å²) >= 11 is 0. The zero-order valence-corrected chi connectivity index (χ0v) is 13.5. The first-order valence-corrected chi connectivity index (χ1v) is 8.93. The molecule has 24 heavy (non-hydrogen) atoms. The maximum absolute atomic E-state index is 11.6. The number of sulfone groups is 1. The third-order valence-electron chi connectivity index (χ3n) is 3.61. The lowest BCUT2D eigenvalue weighted by molar-refractivity contribution is -0.130. The quantitative estimate of drug-likeness (QED) is 0.710. The first-order chi connectivity index (χ1) is 11.4. The zero-order valence-electron chi connectivity index (χ0n) is 12.7. The van der Waals surface area contributed by atoms with Crippen molar-refractivity contribution in [2.24, 2.45) is 0 Å². The molecule has 0 saturated heterocycles. The van der Waals surface area contributed by atoms with E-state index in [0.29, 0.717) is 16.8 Å². The summed E-state index contributed by atoms with van der Waals surface area (Å²) in [6.07, 6.45) is 5.98. The Bertz CT molecular complexity index is 1050. The third kappa shape index (κ3) is 3.07. The van der Waals surface area contributed by atoms with Gasteiger partial charge in [0.05, 0.1) is 10.5 Å². The molecule has 0 saturated carbocycles. The summed E-state index contributed by atoms with van der Waals surface area (Å²) in [5.74, 6) is -1.10. The number of aromatic amines is 1. The molecule has 0 bridgehead atoms. The van der Waals surface area contributed by atoms with E-state index < -0.39 is 15.8 Å². The van der Waals surface area contributed by atoms with Crippen molar-refractivity contribution in [3.05, 3.63) is 59.9 Å². The predicted octanol–water partition coefficient (Wildman–Crippen LogP) is 2.59. The summed E-state index contributed by atoms with van der Waals surface area (Å²) in [4.78, 5) is 18.9. The Morgan fingerprint density at radius 3 is 2.54 bits per heavy atom. The van der Waals surface area contributed by atoms with Gasteiger partial charge in [-0.3, -0.25) is 0 Å². The van der Waals surface area contributed by atoms with Crippen molar-refractivity contribution in [1.29, 1.82) is 0 Å². The molecule has 1 aromatic carbocycles. The van der Waals surface area contributed by atoms with Crippen LogP contribution in [0.3, 0.4) is 0 Å². The van der Waals surface area contributed by atoms with Gasteiger partial charge in [-0.1, -0.05) is 12.1 Å². The molecule has 0 unspecified atom stereocenters. The summed E-state index contributed by atoms with van der Waals surface area (Å²) in [5.41, 5.74) is 1.86. The number of hydrogen-bond acceptors (Lipinski definition) is 4. The number of aromatic nitrogens is 2. The van der Waals surface area contributed by atoms with E-state index in [1.165, 1.54) is 30.3 Å². The van der Waals surface area contributed by atoms with Crippen LogP contribution in [0.25, 0.3) is 22.7 Å². The Labute approximate surface area is 138 Å². The average molecular weight is 342 g/mol. The first kappa shape index (κ1) is 15.9. The highest BCUT2D eigenvalue weighted by atomic mass is 32.2. The molecular formula is C17H14N2O4S. The van der Waals surface area contributed by atoms with Crippen LogP contribution in [-0.4, -0.2) is 35.7 Å². The van der Waals surface area contributed by atoms with E-state index in [2.05, 4.69) is 9.97 Å². The van der Waals surface area contributed by atoms with Gasteiger partial charge in [-0.05, 0) is 35.9 Å². The molecule has 0 atom stereocenters. The second-order valence-electron chi connectivity index (χ2n) is 5.30. The molecule has 0 aliphatic carbocycles. The van der Waals surface area contributed by atoms with E-state index >= 15 is 0 Å². The standard InChI is InChI=1S/C17H14N2O4S/c1-24(22,23)13-6-4-11(5-7-13)15(17(20)21)9-12-10-19-16-14(12)3-2-8-18-16/h2-10H,1H3,(H,18,19)(H,20,21)/b15-9-. The minimum absolute atomic E-state index is 0.0693. The van der Waals surface area contributed by atoms with Crippen molar-refractivity contribution >= 4 is 38.5 Å². The Hall–Kier alpha value is -2.93. The third-order valence-corrected chi connectivity index (χ3v) is 4.74. The molecule has 0 radical (unpaired) electrons. The molecule has 0 aliphatic rings. The highest BCUT2D eigenvalue weighted by molar-refractivity contribution is 7.90. The minimum Gasteiger partial charge on any atom is -0.478 e. The number of carbonyl (C=O) groups is 1. The number of aliphatic carboxylic acids is 1. The van der Waals surface area contributed by atoms with E-state index in [1.54, 1.807) is 18.5 Å². The number of fused-ring (bicyclic) bond motifs is 1. The zero-order chi connectivity index (χ0) is 17.3. The van der Waals surface area contributed by atoms with Gasteiger partial charge in [0.1, 0.15) is 5.65 Å². The fourth-order valence-corrected chi connectivity index (χ4v) is 3.03. The van der Waals surface area contributed by atoms with Gasteiger partial charge in [-0.15, -0.1) is 0 Å². The maximum atomic E-state index is 11.6. The summed E-state index contributed by atoms with van der Waals surface area (Å²) in [6.45, 7) is 0. The number of H-pyrrole nitrogens is 1. The molecule has 122 valence electrons. The molecule has 2 N–H and O–H groups in total. The molecule has 3 rings (SSSR count). The fraction of sp³-hybridized carbons (Fsp3) is 0.0588. The molecule has 0 aliphatic heterocycles. The van der Waals surface area contributed by atoms with Gasteiger partial charge in [0, 0.05) is 29.6 Å². The van der Waals surface area contributed by atoms with E-state index in [9.17, 15) is 18.3 Å². The van der Waals surface area contributed by atoms with Gasteiger partial charge < -0.3 is 10.1 Å². The summed E-state index contributed by atoms with van der Waals surface area (Å²) in [7, 11) is -3.32. The Morgan fingerprint density at radius 2 is 1.92 bits per heavy atom. The van der Waals surface area contributed by atoms with Gasteiger partial charge in [0.15, 0.2) is 9.84 Å². The van der Waals surface area contributed by atoms with Crippen molar-refractivity contribution in [1.82, 2.24) is 9.97 Å².